The maximum absolute atomic E-state index is 14.6. The van der Waals surface area contributed by atoms with Crippen LogP contribution in [0.5, 0.6) is 0 Å². The number of benzene rings is 2. The van der Waals surface area contributed by atoms with Crippen molar-refractivity contribution >= 4 is 11.6 Å². The lowest BCUT2D eigenvalue weighted by Gasteiger charge is -2.39. The van der Waals surface area contributed by atoms with Gasteiger partial charge in [-0.2, -0.15) is 0 Å². The van der Waals surface area contributed by atoms with E-state index in [4.69, 9.17) is 0 Å². The van der Waals surface area contributed by atoms with E-state index < -0.39 is 0 Å². The molecule has 0 aromatic heterocycles. The molecule has 0 atom stereocenters. The van der Waals surface area contributed by atoms with E-state index >= 15 is 0 Å². The zero-order valence-corrected chi connectivity index (χ0v) is 19.7. The standard InChI is InChI=1S/C27H35FN4O/c1-29-23-8-9-25(26(28)17-23)21-6-7-22-18-30(11-10-20(22)16-21)19-27(33)32-14-12-31(13-15-32)24-4-2-3-5-24/h6-9,16-17,24,29H,2-5,10-15,18-19H2,1H3. The third-order valence-electron chi connectivity index (χ3n) is 7.73. The van der Waals surface area contributed by atoms with E-state index in [0.717, 1.165) is 63.0 Å². The van der Waals surface area contributed by atoms with Gasteiger partial charge in [0, 0.05) is 63.6 Å². The molecule has 0 spiro atoms. The average molecular weight is 451 g/mol. The number of carbonyl (C=O) groups excluding carboxylic acids is 1. The first-order valence-electron chi connectivity index (χ1n) is 12.4. The number of nitrogens with zero attached hydrogens (tertiary/aromatic N) is 3. The summed E-state index contributed by atoms with van der Waals surface area (Å²) in [5.74, 6) is 0.0469. The number of anilines is 1. The lowest BCUT2D eigenvalue weighted by Crippen LogP contribution is -2.53. The highest BCUT2D eigenvalue weighted by Crippen LogP contribution is 2.29. The Bertz CT molecular complexity index is 996. The van der Waals surface area contributed by atoms with Crippen LogP contribution in [0.3, 0.4) is 0 Å². The summed E-state index contributed by atoms with van der Waals surface area (Å²) in [6.45, 7) is 5.91. The van der Waals surface area contributed by atoms with E-state index in [0.29, 0.717) is 12.1 Å². The number of amides is 1. The molecule has 2 aromatic carbocycles. The fraction of sp³-hybridized carbons (Fsp3) is 0.519. The van der Waals surface area contributed by atoms with Crippen molar-refractivity contribution in [3.63, 3.8) is 0 Å². The Morgan fingerprint density at radius 1 is 1.00 bits per heavy atom. The molecule has 1 amide bonds. The summed E-state index contributed by atoms with van der Waals surface area (Å²) >= 11 is 0. The fourth-order valence-electron chi connectivity index (χ4n) is 5.72. The molecule has 3 aliphatic rings. The highest BCUT2D eigenvalue weighted by molar-refractivity contribution is 5.78. The molecule has 1 saturated heterocycles. The van der Waals surface area contributed by atoms with Gasteiger partial charge in [-0.3, -0.25) is 14.6 Å². The van der Waals surface area contributed by atoms with Crippen LogP contribution in [0.4, 0.5) is 10.1 Å². The van der Waals surface area contributed by atoms with Crippen LogP contribution in [0, 0.1) is 5.82 Å². The molecule has 2 fully saturated rings. The Morgan fingerprint density at radius 3 is 2.52 bits per heavy atom. The summed E-state index contributed by atoms with van der Waals surface area (Å²) in [6.07, 6.45) is 6.27. The van der Waals surface area contributed by atoms with Crippen molar-refractivity contribution in [1.29, 1.82) is 0 Å². The van der Waals surface area contributed by atoms with Gasteiger partial charge >= 0.3 is 0 Å². The molecule has 1 N–H and O–H groups in total. The zero-order valence-electron chi connectivity index (χ0n) is 19.7. The highest BCUT2D eigenvalue weighted by atomic mass is 19.1. The smallest absolute Gasteiger partial charge is 0.236 e. The fourth-order valence-corrected chi connectivity index (χ4v) is 5.72. The monoisotopic (exact) mass is 450 g/mol. The first-order chi connectivity index (χ1) is 16.1. The van der Waals surface area contributed by atoms with Gasteiger partial charge in [0.2, 0.25) is 5.91 Å². The molecule has 33 heavy (non-hydrogen) atoms. The van der Waals surface area contributed by atoms with Crippen molar-refractivity contribution in [2.24, 2.45) is 0 Å². The molecule has 5 rings (SSSR count). The molecule has 2 heterocycles. The lowest BCUT2D eigenvalue weighted by molar-refractivity contribution is -0.134. The predicted octanol–water partition coefficient (Wildman–Crippen LogP) is 3.98. The third-order valence-corrected chi connectivity index (χ3v) is 7.73. The van der Waals surface area contributed by atoms with Crippen molar-refractivity contribution in [1.82, 2.24) is 14.7 Å². The van der Waals surface area contributed by atoms with Gasteiger partial charge in [-0.05, 0) is 54.2 Å². The van der Waals surface area contributed by atoms with Crippen LogP contribution in [0.1, 0.15) is 36.8 Å². The van der Waals surface area contributed by atoms with Crippen LogP contribution in [-0.2, 0) is 17.8 Å². The first kappa shape index (κ1) is 22.4. The Labute approximate surface area is 196 Å². The molecule has 2 aliphatic heterocycles. The van der Waals surface area contributed by atoms with Crippen LogP contribution < -0.4 is 5.32 Å². The second kappa shape index (κ2) is 9.82. The maximum atomic E-state index is 14.6. The van der Waals surface area contributed by atoms with E-state index in [-0.39, 0.29) is 11.7 Å². The van der Waals surface area contributed by atoms with Crippen LogP contribution in [0.25, 0.3) is 11.1 Å². The Morgan fingerprint density at radius 2 is 1.79 bits per heavy atom. The normalized spacial score (nSPS) is 20.1. The Kier molecular flexibility index (Phi) is 6.65. The van der Waals surface area contributed by atoms with Crippen molar-refractivity contribution in [3.8, 4) is 11.1 Å². The van der Waals surface area contributed by atoms with E-state index in [1.54, 1.807) is 7.05 Å². The highest BCUT2D eigenvalue weighted by Gasteiger charge is 2.29. The van der Waals surface area contributed by atoms with E-state index in [1.165, 1.54) is 42.9 Å². The second-order valence-electron chi connectivity index (χ2n) is 9.74. The molecule has 0 radical (unpaired) electrons. The van der Waals surface area contributed by atoms with Crippen molar-refractivity contribution in [3.05, 3.63) is 53.3 Å². The first-order valence-corrected chi connectivity index (χ1v) is 12.4. The van der Waals surface area contributed by atoms with Gasteiger partial charge < -0.3 is 10.2 Å². The minimum atomic E-state index is -0.210. The number of halogens is 1. The minimum Gasteiger partial charge on any atom is -0.388 e. The number of rotatable bonds is 5. The summed E-state index contributed by atoms with van der Waals surface area (Å²) in [4.78, 5) is 19.9. The molecule has 5 nitrogen and oxygen atoms in total. The summed E-state index contributed by atoms with van der Waals surface area (Å²) in [5.41, 5.74) is 4.83. The summed E-state index contributed by atoms with van der Waals surface area (Å²) in [6, 6.07) is 12.3. The molecule has 6 heteroatoms. The van der Waals surface area contributed by atoms with Gasteiger partial charge in [-0.15, -0.1) is 0 Å². The van der Waals surface area contributed by atoms with E-state index in [2.05, 4.69) is 32.1 Å². The van der Waals surface area contributed by atoms with Crippen molar-refractivity contribution < 1.29 is 9.18 Å². The average Bonchev–Trinajstić information content (AvgIpc) is 3.39. The number of hydrogen-bond donors (Lipinski definition) is 1. The number of nitrogens with one attached hydrogen (secondary N) is 1. The molecule has 1 aliphatic carbocycles. The molecule has 2 aromatic rings. The molecule has 176 valence electrons. The topological polar surface area (TPSA) is 38.8 Å². The van der Waals surface area contributed by atoms with Crippen LogP contribution in [0.15, 0.2) is 36.4 Å². The zero-order chi connectivity index (χ0) is 22.8. The number of piperazine rings is 1. The largest absolute Gasteiger partial charge is 0.388 e. The van der Waals surface area contributed by atoms with Crippen LogP contribution in [0.2, 0.25) is 0 Å². The Balaban J connectivity index is 1.17. The minimum absolute atomic E-state index is 0.210. The predicted molar refractivity (Wildman–Crippen MR) is 131 cm³/mol. The summed E-state index contributed by atoms with van der Waals surface area (Å²) in [5, 5.41) is 2.98. The molecular formula is C27H35FN4O. The van der Waals surface area contributed by atoms with Crippen LogP contribution >= 0.6 is 0 Å². The van der Waals surface area contributed by atoms with E-state index in [9.17, 15) is 9.18 Å². The van der Waals surface area contributed by atoms with Gasteiger partial charge in [0.25, 0.3) is 0 Å². The number of hydrogen-bond acceptors (Lipinski definition) is 4. The van der Waals surface area contributed by atoms with Crippen molar-refractivity contribution in [2.75, 3.05) is 51.6 Å². The number of carbonyl (C=O) groups is 1. The lowest BCUT2D eigenvalue weighted by atomic mass is 9.94. The van der Waals surface area contributed by atoms with Crippen LogP contribution in [-0.4, -0.2) is 73.0 Å². The quantitative estimate of drug-likeness (QED) is 0.748. The Hall–Kier alpha value is -2.44. The van der Waals surface area contributed by atoms with Gasteiger partial charge in [-0.1, -0.05) is 31.0 Å². The summed E-state index contributed by atoms with van der Waals surface area (Å²) < 4.78 is 14.6. The van der Waals surface area contributed by atoms with Gasteiger partial charge in [-0.25, -0.2) is 4.39 Å². The maximum Gasteiger partial charge on any atom is 0.236 e. The SMILES string of the molecule is CNc1ccc(-c2ccc3c(c2)CCN(CC(=O)N2CCN(C4CCCC4)CC2)C3)c(F)c1. The van der Waals surface area contributed by atoms with Crippen molar-refractivity contribution in [2.45, 2.75) is 44.7 Å². The molecular weight excluding hydrogens is 415 g/mol. The van der Waals surface area contributed by atoms with Gasteiger partial charge in [0.15, 0.2) is 0 Å². The second-order valence-corrected chi connectivity index (χ2v) is 9.74. The number of fused-ring (bicyclic) bond motifs is 1. The van der Waals surface area contributed by atoms with Gasteiger partial charge in [0.05, 0.1) is 6.54 Å². The van der Waals surface area contributed by atoms with E-state index in [1.807, 2.05) is 18.2 Å². The van der Waals surface area contributed by atoms with Gasteiger partial charge in [0.1, 0.15) is 5.82 Å². The molecule has 1 saturated carbocycles. The third kappa shape index (κ3) is 4.92. The summed E-state index contributed by atoms with van der Waals surface area (Å²) in [7, 11) is 1.79. The molecule has 0 unspecified atom stereocenters. The molecule has 0 bridgehead atoms.